The minimum atomic E-state index is 0.351. The van der Waals surface area contributed by atoms with Gasteiger partial charge in [-0.2, -0.15) is 0 Å². The van der Waals surface area contributed by atoms with Crippen molar-refractivity contribution in [2.24, 2.45) is 0 Å². The van der Waals surface area contributed by atoms with Crippen molar-refractivity contribution in [1.82, 2.24) is 5.32 Å². The van der Waals surface area contributed by atoms with Crippen LogP contribution in [0.15, 0.2) is 15.9 Å². The van der Waals surface area contributed by atoms with E-state index in [2.05, 4.69) is 39.6 Å². The van der Waals surface area contributed by atoms with E-state index >= 15 is 0 Å². The molecular weight excluding hydrogens is 282 g/mol. The van der Waals surface area contributed by atoms with Crippen LogP contribution in [0.3, 0.4) is 0 Å². The Bertz CT molecular complexity index is 326. The first-order valence-electron chi connectivity index (χ1n) is 6.23. The molecule has 1 aromatic rings. The Morgan fingerprint density at radius 2 is 2.31 bits per heavy atom. The molecule has 2 heterocycles. The van der Waals surface area contributed by atoms with Crippen molar-refractivity contribution >= 4 is 27.3 Å². The highest BCUT2D eigenvalue weighted by Crippen LogP contribution is 2.32. The van der Waals surface area contributed by atoms with Crippen LogP contribution in [0.4, 0.5) is 0 Å². The molecule has 1 aliphatic heterocycles. The van der Waals surface area contributed by atoms with Crippen LogP contribution >= 0.6 is 27.3 Å². The van der Waals surface area contributed by atoms with Crippen LogP contribution in [0.2, 0.25) is 0 Å². The predicted molar refractivity (Wildman–Crippen MR) is 75.2 cm³/mol. The van der Waals surface area contributed by atoms with Crippen molar-refractivity contribution in [1.29, 1.82) is 0 Å². The summed E-state index contributed by atoms with van der Waals surface area (Å²) in [6.07, 6.45) is 7.85. The largest absolute Gasteiger partial charge is 0.311 e. The lowest BCUT2D eigenvalue weighted by Gasteiger charge is -2.32. The third-order valence-corrected chi connectivity index (χ3v) is 5.63. The van der Waals surface area contributed by atoms with Crippen molar-refractivity contribution in [3.8, 4) is 0 Å². The molecule has 1 fully saturated rings. The van der Waals surface area contributed by atoms with Gasteiger partial charge in [-0.25, -0.2) is 0 Å². The van der Waals surface area contributed by atoms with Gasteiger partial charge in [0.2, 0.25) is 0 Å². The zero-order valence-electron chi connectivity index (χ0n) is 9.89. The summed E-state index contributed by atoms with van der Waals surface area (Å²) in [6.45, 7) is 3.51. The zero-order valence-corrected chi connectivity index (χ0v) is 12.3. The highest BCUT2D eigenvalue weighted by Gasteiger charge is 2.29. The number of thiophene rings is 1. The fourth-order valence-electron chi connectivity index (χ4n) is 2.54. The Kier molecular flexibility index (Phi) is 4.45. The third-order valence-electron chi connectivity index (χ3n) is 3.70. The summed E-state index contributed by atoms with van der Waals surface area (Å²) in [5, 5.41) is 5.98. The summed E-state index contributed by atoms with van der Waals surface area (Å²) in [5.74, 6) is 0. The van der Waals surface area contributed by atoms with Gasteiger partial charge in [0, 0.05) is 21.3 Å². The fraction of sp³-hybridized carbons (Fsp3) is 0.692. The molecule has 1 nitrogen and oxygen atoms in total. The molecule has 0 radical (unpaired) electrons. The Hall–Kier alpha value is 0.140. The van der Waals surface area contributed by atoms with Crippen LogP contribution in [0, 0.1) is 0 Å². The first-order valence-corrected chi connectivity index (χ1v) is 7.90. The van der Waals surface area contributed by atoms with Gasteiger partial charge in [-0.15, -0.1) is 11.3 Å². The van der Waals surface area contributed by atoms with E-state index in [9.17, 15) is 0 Å². The number of hydrogen-bond donors (Lipinski definition) is 1. The lowest BCUT2D eigenvalue weighted by molar-refractivity contribution is 0.303. The SMILES string of the molecule is CCC1(Cc2sccc2Br)CCCCCN1. The van der Waals surface area contributed by atoms with E-state index in [1.807, 2.05) is 11.3 Å². The Balaban J connectivity index is 2.11. The molecule has 16 heavy (non-hydrogen) atoms. The standard InChI is InChI=1S/C13H20BrNS/c1-2-13(7-4-3-5-8-15-13)10-12-11(14)6-9-16-12/h6,9,15H,2-5,7-8,10H2,1H3. The molecule has 0 aliphatic carbocycles. The normalized spacial score (nSPS) is 26.6. The predicted octanol–water partition coefficient (Wildman–Crippen LogP) is 4.37. The molecule has 1 saturated heterocycles. The maximum Gasteiger partial charge on any atom is 0.0315 e. The van der Waals surface area contributed by atoms with Gasteiger partial charge in [0.1, 0.15) is 0 Å². The van der Waals surface area contributed by atoms with E-state index in [0.717, 1.165) is 0 Å². The highest BCUT2D eigenvalue weighted by atomic mass is 79.9. The first-order chi connectivity index (χ1) is 7.76. The smallest absolute Gasteiger partial charge is 0.0315 e. The fourth-order valence-corrected chi connectivity index (χ4v) is 4.18. The average molecular weight is 302 g/mol. The van der Waals surface area contributed by atoms with Gasteiger partial charge >= 0.3 is 0 Å². The number of halogens is 1. The molecular formula is C13H20BrNS. The summed E-state index contributed by atoms with van der Waals surface area (Å²) in [5.41, 5.74) is 0.351. The van der Waals surface area contributed by atoms with Gasteiger partial charge in [-0.3, -0.25) is 0 Å². The van der Waals surface area contributed by atoms with Crippen molar-refractivity contribution < 1.29 is 0 Å². The molecule has 90 valence electrons. The minimum absolute atomic E-state index is 0.351. The lowest BCUT2D eigenvalue weighted by atomic mass is 9.86. The summed E-state index contributed by atoms with van der Waals surface area (Å²) >= 11 is 5.53. The van der Waals surface area contributed by atoms with E-state index in [4.69, 9.17) is 0 Å². The van der Waals surface area contributed by atoms with E-state index in [-0.39, 0.29) is 0 Å². The van der Waals surface area contributed by atoms with E-state index in [0.29, 0.717) is 5.54 Å². The summed E-state index contributed by atoms with van der Waals surface area (Å²) in [6, 6.07) is 2.17. The second-order valence-corrected chi connectivity index (χ2v) is 6.59. The molecule has 1 unspecified atom stereocenters. The lowest BCUT2D eigenvalue weighted by Crippen LogP contribution is -2.45. The first kappa shape index (κ1) is 12.6. The van der Waals surface area contributed by atoms with Crippen LogP contribution in [-0.4, -0.2) is 12.1 Å². The third kappa shape index (κ3) is 2.88. The second kappa shape index (κ2) is 5.65. The van der Waals surface area contributed by atoms with Crippen molar-refractivity contribution in [2.75, 3.05) is 6.54 Å². The second-order valence-electron chi connectivity index (χ2n) is 4.74. The molecule has 1 aromatic heterocycles. The number of rotatable bonds is 3. The molecule has 0 spiro atoms. The van der Waals surface area contributed by atoms with Crippen LogP contribution in [0.25, 0.3) is 0 Å². The minimum Gasteiger partial charge on any atom is -0.311 e. The molecule has 1 atom stereocenters. The Labute approximate surface area is 111 Å². The van der Waals surface area contributed by atoms with Crippen LogP contribution in [-0.2, 0) is 6.42 Å². The van der Waals surface area contributed by atoms with E-state index in [1.54, 1.807) is 0 Å². The molecule has 0 aromatic carbocycles. The number of hydrogen-bond acceptors (Lipinski definition) is 2. The van der Waals surface area contributed by atoms with Crippen LogP contribution < -0.4 is 5.32 Å². The van der Waals surface area contributed by atoms with Gasteiger partial charge in [0.25, 0.3) is 0 Å². The number of nitrogens with one attached hydrogen (secondary N) is 1. The quantitative estimate of drug-likeness (QED) is 0.874. The summed E-state index contributed by atoms with van der Waals surface area (Å²) in [4.78, 5) is 1.50. The van der Waals surface area contributed by atoms with E-state index < -0.39 is 0 Å². The molecule has 1 N–H and O–H groups in total. The van der Waals surface area contributed by atoms with Crippen LogP contribution in [0.1, 0.15) is 43.9 Å². The van der Waals surface area contributed by atoms with Gasteiger partial charge in [0.05, 0.1) is 0 Å². The Morgan fingerprint density at radius 1 is 1.44 bits per heavy atom. The Morgan fingerprint density at radius 3 is 3.00 bits per heavy atom. The van der Waals surface area contributed by atoms with Gasteiger partial charge in [-0.05, 0) is 53.2 Å². The summed E-state index contributed by atoms with van der Waals surface area (Å²) in [7, 11) is 0. The topological polar surface area (TPSA) is 12.0 Å². The van der Waals surface area contributed by atoms with Gasteiger partial charge in [0.15, 0.2) is 0 Å². The van der Waals surface area contributed by atoms with Gasteiger partial charge < -0.3 is 5.32 Å². The zero-order chi connectivity index (χ0) is 11.4. The highest BCUT2D eigenvalue weighted by molar-refractivity contribution is 9.10. The average Bonchev–Trinajstić information content (AvgIpc) is 2.56. The van der Waals surface area contributed by atoms with Crippen molar-refractivity contribution in [2.45, 2.75) is 51.0 Å². The molecule has 2 rings (SSSR count). The van der Waals surface area contributed by atoms with Crippen molar-refractivity contribution in [3.05, 3.63) is 20.8 Å². The molecule has 0 amide bonds. The molecule has 0 bridgehead atoms. The molecule has 3 heteroatoms. The molecule has 1 aliphatic rings. The maximum atomic E-state index is 3.80. The summed E-state index contributed by atoms with van der Waals surface area (Å²) < 4.78 is 1.29. The van der Waals surface area contributed by atoms with Gasteiger partial charge in [-0.1, -0.05) is 19.8 Å². The molecule has 0 saturated carbocycles. The van der Waals surface area contributed by atoms with Crippen LogP contribution in [0.5, 0.6) is 0 Å². The van der Waals surface area contributed by atoms with Crippen molar-refractivity contribution in [3.63, 3.8) is 0 Å². The monoisotopic (exact) mass is 301 g/mol. The maximum absolute atomic E-state index is 3.80. The van der Waals surface area contributed by atoms with E-state index in [1.165, 1.54) is 54.4 Å².